The summed E-state index contributed by atoms with van der Waals surface area (Å²) < 4.78 is 7.10. The van der Waals surface area contributed by atoms with Gasteiger partial charge in [0.15, 0.2) is 5.69 Å². The highest BCUT2D eigenvalue weighted by atomic mass is 35.5. The second-order valence-electron chi connectivity index (χ2n) is 4.41. The summed E-state index contributed by atoms with van der Waals surface area (Å²) >= 11 is 11.8. The van der Waals surface area contributed by atoms with Crippen LogP contribution in [0.5, 0.6) is 5.88 Å². The lowest BCUT2D eigenvalue weighted by Gasteiger charge is -2.13. The standard InChI is InChI=1S/C13H11Cl2N3O2/c14-8-4-9(15)6-10(5-8)16-13(19)11-7-12-18(17-11)2-1-3-20-12/h4-7H,1-3H2,(H,16,19). The minimum absolute atomic E-state index is 0.304. The molecule has 20 heavy (non-hydrogen) atoms. The van der Waals surface area contributed by atoms with E-state index < -0.39 is 0 Å². The molecule has 0 fully saturated rings. The molecule has 3 rings (SSSR count). The molecule has 0 aliphatic carbocycles. The van der Waals surface area contributed by atoms with E-state index in [1.807, 2.05) is 0 Å². The normalized spacial score (nSPS) is 13.5. The van der Waals surface area contributed by atoms with Crippen LogP contribution < -0.4 is 10.1 Å². The van der Waals surface area contributed by atoms with Crippen molar-refractivity contribution in [1.29, 1.82) is 0 Å². The van der Waals surface area contributed by atoms with Gasteiger partial charge in [-0.05, 0) is 18.2 Å². The zero-order chi connectivity index (χ0) is 14.1. The lowest BCUT2D eigenvalue weighted by atomic mass is 10.3. The maximum atomic E-state index is 12.1. The Balaban J connectivity index is 1.80. The van der Waals surface area contributed by atoms with E-state index >= 15 is 0 Å². The second kappa shape index (κ2) is 5.34. The molecule has 0 saturated carbocycles. The quantitative estimate of drug-likeness (QED) is 0.926. The van der Waals surface area contributed by atoms with Gasteiger partial charge in [-0.1, -0.05) is 23.2 Å². The van der Waals surface area contributed by atoms with Crippen molar-refractivity contribution in [2.24, 2.45) is 0 Å². The number of anilines is 1. The SMILES string of the molecule is O=C(Nc1cc(Cl)cc(Cl)c1)c1cc2n(n1)CCCO2. The molecule has 7 heteroatoms. The molecule has 0 spiro atoms. The number of nitrogens with zero attached hydrogens (tertiary/aromatic N) is 2. The molecular formula is C13H11Cl2N3O2. The highest BCUT2D eigenvalue weighted by Crippen LogP contribution is 2.24. The van der Waals surface area contributed by atoms with Gasteiger partial charge in [-0.25, -0.2) is 4.68 Å². The van der Waals surface area contributed by atoms with Gasteiger partial charge in [-0.3, -0.25) is 4.79 Å². The van der Waals surface area contributed by atoms with E-state index in [-0.39, 0.29) is 5.91 Å². The molecule has 1 aromatic carbocycles. The van der Waals surface area contributed by atoms with E-state index in [2.05, 4.69) is 10.4 Å². The van der Waals surface area contributed by atoms with E-state index in [1.54, 1.807) is 28.9 Å². The molecule has 0 bridgehead atoms. The third-order valence-corrected chi connectivity index (χ3v) is 3.30. The summed E-state index contributed by atoms with van der Waals surface area (Å²) in [6.45, 7) is 1.41. The van der Waals surface area contributed by atoms with Crippen LogP contribution in [0.25, 0.3) is 0 Å². The number of hydrogen-bond donors (Lipinski definition) is 1. The summed E-state index contributed by atoms with van der Waals surface area (Å²) in [5.74, 6) is 0.291. The fourth-order valence-electron chi connectivity index (χ4n) is 2.00. The summed E-state index contributed by atoms with van der Waals surface area (Å²) in [4.78, 5) is 12.1. The van der Waals surface area contributed by atoms with Gasteiger partial charge in [0.25, 0.3) is 5.91 Å². The van der Waals surface area contributed by atoms with Crippen molar-refractivity contribution in [3.63, 3.8) is 0 Å². The molecule has 104 valence electrons. The molecule has 1 aliphatic rings. The van der Waals surface area contributed by atoms with E-state index in [4.69, 9.17) is 27.9 Å². The smallest absolute Gasteiger partial charge is 0.276 e. The molecule has 2 aromatic rings. The van der Waals surface area contributed by atoms with E-state index in [9.17, 15) is 4.79 Å². The third kappa shape index (κ3) is 2.73. The summed E-state index contributed by atoms with van der Waals surface area (Å²) in [5.41, 5.74) is 0.831. The van der Waals surface area contributed by atoms with Crippen LogP contribution in [-0.4, -0.2) is 22.3 Å². The Hall–Kier alpha value is -1.72. The van der Waals surface area contributed by atoms with Crippen molar-refractivity contribution in [3.05, 3.63) is 40.0 Å². The molecule has 1 aromatic heterocycles. The van der Waals surface area contributed by atoms with Crippen LogP contribution in [0, 0.1) is 0 Å². The number of carbonyl (C=O) groups excluding carboxylic acids is 1. The number of hydrogen-bond acceptors (Lipinski definition) is 3. The molecule has 0 unspecified atom stereocenters. The molecule has 2 heterocycles. The number of amides is 1. The highest BCUT2D eigenvalue weighted by molar-refractivity contribution is 6.35. The number of fused-ring (bicyclic) bond motifs is 1. The first kappa shape index (κ1) is 13.3. The van der Waals surface area contributed by atoms with E-state index in [0.29, 0.717) is 33.9 Å². The van der Waals surface area contributed by atoms with Gasteiger partial charge in [0.05, 0.1) is 6.61 Å². The summed E-state index contributed by atoms with van der Waals surface area (Å²) in [6.07, 6.45) is 0.889. The maximum absolute atomic E-state index is 12.1. The molecule has 1 aliphatic heterocycles. The average Bonchev–Trinajstić information content (AvgIpc) is 2.81. The molecule has 1 amide bonds. The molecule has 0 atom stereocenters. The average molecular weight is 312 g/mol. The van der Waals surface area contributed by atoms with Crippen LogP contribution in [0.1, 0.15) is 16.9 Å². The second-order valence-corrected chi connectivity index (χ2v) is 5.28. The van der Waals surface area contributed by atoms with Crippen LogP contribution in [0.4, 0.5) is 5.69 Å². The molecule has 1 N–H and O–H groups in total. The van der Waals surface area contributed by atoms with Crippen LogP contribution in [0.15, 0.2) is 24.3 Å². The first-order valence-corrected chi connectivity index (χ1v) is 6.85. The lowest BCUT2D eigenvalue weighted by molar-refractivity contribution is 0.102. The third-order valence-electron chi connectivity index (χ3n) is 2.86. The zero-order valence-corrected chi connectivity index (χ0v) is 11.9. The minimum Gasteiger partial charge on any atom is -0.478 e. The van der Waals surface area contributed by atoms with Gasteiger partial charge >= 0.3 is 0 Å². The highest BCUT2D eigenvalue weighted by Gasteiger charge is 2.18. The Morgan fingerprint density at radius 2 is 2.00 bits per heavy atom. The van der Waals surface area contributed by atoms with Gasteiger partial charge in [0.1, 0.15) is 0 Å². The topological polar surface area (TPSA) is 56.2 Å². The number of halogens is 2. The summed E-state index contributed by atoms with van der Waals surface area (Å²) in [7, 11) is 0. The van der Waals surface area contributed by atoms with Crippen molar-refractivity contribution >= 4 is 34.8 Å². The lowest BCUT2D eigenvalue weighted by Crippen LogP contribution is -2.16. The first-order valence-electron chi connectivity index (χ1n) is 6.10. The van der Waals surface area contributed by atoms with Gasteiger partial charge < -0.3 is 10.1 Å². The number of carbonyl (C=O) groups is 1. The van der Waals surface area contributed by atoms with Gasteiger partial charge in [0, 0.05) is 34.8 Å². The molecule has 5 nitrogen and oxygen atoms in total. The number of ether oxygens (including phenoxy) is 1. The number of nitrogens with one attached hydrogen (secondary N) is 1. The molecule has 0 radical (unpaired) electrons. The molecular weight excluding hydrogens is 301 g/mol. The van der Waals surface area contributed by atoms with Gasteiger partial charge in [0.2, 0.25) is 5.88 Å². The van der Waals surface area contributed by atoms with Crippen molar-refractivity contribution in [2.45, 2.75) is 13.0 Å². The predicted molar refractivity (Wildman–Crippen MR) is 76.8 cm³/mol. The van der Waals surface area contributed by atoms with Crippen molar-refractivity contribution in [1.82, 2.24) is 9.78 Å². The number of benzene rings is 1. The van der Waals surface area contributed by atoms with E-state index in [1.165, 1.54) is 0 Å². The van der Waals surface area contributed by atoms with Gasteiger partial charge in [-0.15, -0.1) is 0 Å². The fourth-order valence-corrected chi connectivity index (χ4v) is 2.53. The largest absolute Gasteiger partial charge is 0.478 e. The van der Waals surface area contributed by atoms with E-state index in [0.717, 1.165) is 13.0 Å². The minimum atomic E-state index is -0.325. The van der Waals surface area contributed by atoms with Gasteiger partial charge in [-0.2, -0.15) is 5.10 Å². The van der Waals surface area contributed by atoms with Crippen molar-refractivity contribution in [3.8, 4) is 5.88 Å². The molecule has 0 saturated heterocycles. The monoisotopic (exact) mass is 311 g/mol. The predicted octanol–water partition coefficient (Wildman–Crippen LogP) is 3.22. The Morgan fingerprint density at radius 3 is 2.70 bits per heavy atom. The van der Waals surface area contributed by atoms with Crippen molar-refractivity contribution in [2.75, 3.05) is 11.9 Å². The number of rotatable bonds is 2. The van der Waals surface area contributed by atoms with Crippen LogP contribution in [-0.2, 0) is 6.54 Å². The zero-order valence-electron chi connectivity index (χ0n) is 10.4. The fraction of sp³-hybridized carbons (Fsp3) is 0.231. The summed E-state index contributed by atoms with van der Waals surface area (Å²) in [5, 5.41) is 7.83. The Bertz CT molecular complexity index is 626. The van der Waals surface area contributed by atoms with Crippen molar-refractivity contribution < 1.29 is 9.53 Å². The first-order chi connectivity index (χ1) is 9.61. The Morgan fingerprint density at radius 1 is 1.25 bits per heavy atom. The number of aromatic nitrogens is 2. The maximum Gasteiger partial charge on any atom is 0.276 e. The van der Waals surface area contributed by atoms with Crippen LogP contribution in [0.2, 0.25) is 10.0 Å². The summed E-state index contributed by atoms with van der Waals surface area (Å²) in [6, 6.07) is 6.47. The Kier molecular flexibility index (Phi) is 3.54. The number of aryl methyl sites for hydroxylation is 1. The van der Waals surface area contributed by atoms with Crippen LogP contribution >= 0.6 is 23.2 Å². The van der Waals surface area contributed by atoms with Crippen LogP contribution in [0.3, 0.4) is 0 Å². The Labute approximate surface area is 125 Å².